The first kappa shape index (κ1) is 21.4. The smallest absolute Gasteiger partial charge is 0.224 e. The van der Waals surface area contributed by atoms with Gasteiger partial charge in [0.1, 0.15) is 6.04 Å². The molecule has 0 aliphatic carbocycles. The number of carbonyl (C=O) groups is 3. The molecule has 0 radical (unpaired) electrons. The van der Waals surface area contributed by atoms with Crippen LogP contribution in [0.3, 0.4) is 0 Å². The summed E-state index contributed by atoms with van der Waals surface area (Å²) in [7, 11) is 0. The minimum atomic E-state index is -0.772. The molecule has 3 rings (SSSR count). The van der Waals surface area contributed by atoms with Gasteiger partial charge >= 0.3 is 0 Å². The number of hydrogen-bond donors (Lipinski definition) is 3. The van der Waals surface area contributed by atoms with Crippen molar-refractivity contribution in [2.75, 3.05) is 6.54 Å². The minimum absolute atomic E-state index is 0.0219. The molecular formula is C21H26N6O3. The minimum Gasteiger partial charge on any atom is -0.356 e. The van der Waals surface area contributed by atoms with Crippen LogP contribution in [0.5, 0.6) is 0 Å². The molecule has 3 atom stereocenters. The van der Waals surface area contributed by atoms with Gasteiger partial charge in [-0.3, -0.25) is 14.4 Å². The molecule has 0 spiro atoms. The van der Waals surface area contributed by atoms with E-state index in [1.54, 1.807) is 18.3 Å². The second kappa shape index (κ2) is 9.48. The van der Waals surface area contributed by atoms with Crippen LogP contribution in [-0.2, 0) is 9.59 Å². The Kier molecular flexibility index (Phi) is 6.77. The van der Waals surface area contributed by atoms with Gasteiger partial charge in [0.2, 0.25) is 11.8 Å². The van der Waals surface area contributed by atoms with Crippen LogP contribution in [0, 0.1) is 29.1 Å². The third-order valence-electron chi connectivity index (χ3n) is 5.24. The van der Waals surface area contributed by atoms with Crippen LogP contribution >= 0.6 is 0 Å². The van der Waals surface area contributed by atoms with E-state index in [-0.39, 0.29) is 48.1 Å². The van der Waals surface area contributed by atoms with Gasteiger partial charge in [-0.15, -0.1) is 0 Å². The maximum absolute atomic E-state index is 12.9. The molecule has 2 amide bonds. The third-order valence-corrected chi connectivity index (χ3v) is 5.24. The largest absolute Gasteiger partial charge is 0.356 e. The van der Waals surface area contributed by atoms with Crippen molar-refractivity contribution in [3.63, 3.8) is 0 Å². The van der Waals surface area contributed by atoms with Crippen LogP contribution in [0.2, 0.25) is 0 Å². The molecule has 0 bridgehead atoms. The van der Waals surface area contributed by atoms with Gasteiger partial charge in [0.25, 0.3) is 0 Å². The second-order valence-electron chi connectivity index (χ2n) is 8.12. The van der Waals surface area contributed by atoms with E-state index in [2.05, 4.69) is 31.7 Å². The fourth-order valence-electron chi connectivity index (χ4n) is 3.74. The van der Waals surface area contributed by atoms with Gasteiger partial charge in [-0.1, -0.05) is 13.8 Å². The van der Waals surface area contributed by atoms with Gasteiger partial charge in [-0.05, 0) is 37.3 Å². The van der Waals surface area contributed by atoms with Crippen molar-refractivity contribution in [3.05, 3.63) is 24.2 Å². The zero-order chi connectivity index (χ0) is 21.7. The van der Waals surface area contributed by atoms with Crippen LogP contribution < -0.4 is 10.6 Å². The maximum Gasteiger partial charge on any atom is 0.224 e. The topological polar surface area (TPSA) is 141 Å². The van der Waals surface area contributed by atoms with E-state index in [4.69, 9.17) is 0 Å². The summed E-state index contributed by atoms with van der Waals surface area (Å²) in [6.07, 6.45) is 3.00. The molecule has 0 aromatic carbocycles. The van der Waals surface area contributed by atoms with Gasteiger partial charge in [0.15, 0.2) is 17.3 Å². The molecule has 2 aromatic rings. The Morgan fingerprint density at radius 1 is 1.40 bits per heavy atom. The number of nitriles is 1. The monoisotopic (exact) mass is 410 g/mol. The van der Waals surface area contributed by atoms with Crippen molar-refractivity contribution in [1.82, 2.24) is 25.6 Å². The van der Waals surface area contributed by atoms with E-state index < -0.39 is 12.0 Å². The fourth-order valence-corrected chi connectivity index (χ4v) is 3.74. The molecule has 3 heterocycles. The van der Waals surface area contributed by atoms with E-state index in [0.717, 1.165) is 0 Å². The normalized spacial score (nSPS) is 18.1. The average Bonchev–Trinajstić information content (AvgIpc) is 3.32. The zero-order valence-electron chi connectivity index (χ0n) is 17.1. The number of aromatic nitrogens is 3. The number of hydrogen-bond acceptors (Lipinski definition) is 6. The van der Waals surface area contributed by atoms with Crippen molar-refractivity contribution < 1.29 is 14.4 Å². The van der Waals surface area contributed by atoms with Gasteiger partial charge in [0.05, 0.1) is 11.6 Å². The van der Waals surface area contributed by atoms with Crippen molar-refractivity contribution in [1.29, 1.82) is 5.26 Å². The highest BCUT2D eigenvalue weighted by Gasteiger charge is 2.30. The quantitative estimate of drug-likeness (QED) is 0.538. The Morgan fingerprint density at radius 3 is 2.83 bits per heavy atom. The first-order chi connectivity index (χ1) is 14.4. The molecule has 1 fully saturated rings. The van der Waals surface area contributed by atoms with Crippen LogP contribution in [0.1, 0.15) is 50.1 Å². The molecule has 0 saturated carbocycles. The molecule has 2 aromatic heterocycles. The Morgan fingerprint density at radius 2 is 2.20 bits per heavy atom. The predicted molar refractivity (Wildman–Crippen MR) is 109 cm³/mol. The van der Waals surface area contributed by atoms with E-state index in [1.165, 1.54) is 0 Å². The van der Waals surface area contributed by atoms with Crippen molar-refractivity contribution in [2.24, 2.45) is 17.8 Å². The summed E-state index contributed by atoms with van der Waals surface area (Å²) < 4.78 is 0. The number of ketones is 1. The average molecular weight is 410 g/mol. The first-order valence-electron chi connectivity index (χ1n) is 10.2. The number of aromatic amines is 1. The second-order valence-corrected chi connectivity index (χ2v) is 8.12. The Labute approximate surface area is 174 Å². The lowest BCUT2D eigenvalue weighted by molar-refractivity contribution is -0.127. The number of rotatable bonds is 9. The number of imidazole rings is 1. The standard InChI is InChI=1S/C21H26N6O3/c1-12(2)8-14(10-17(28)19-26-16-4-3-6-23-18(16)27-19)21(30)25-15(11-22)9-13-5-7-24-20(13)29/h3-4,6,12-15H,5,7-10H2,1-2H3,(H,24,29)(H,25,30)(H,23,26,27)/t13-,14+,15-/m0/s1. The highest BCUT2D eigenvalue weighted by Crippen LogP contribution is 2.21. The molecule has 1 saturated heterocycles. The van der Waals surface area contributed by atoms with Gasteiger partial charge in [0, 0.05) is 31.0 Å². The fraction of sp³-hybridized carbons (Fsp3) is 0.524. The lowest BCUT2D eigenvalue weighted by Crippen LogP contribution is -2.41. The third kappa shape index (κ3) is 5.20. The van der Waals surface area contributed by atoms with E-state index in [0.29, 0.717) is 30.6 Å². The van der Waals surface area contributed by atoms with Gasteiger partial charge in [-0.2, -0.15) is 5.26 Å². The van der Waals surface area contributed by atoms with E-state index >= 15 is 0 Å². The molecule has 9 heteroatoms. The Bertz CT molecular complexity index is 944. The number of nitrogens with zero attached hydrogens (tertiary/aromatic N) is 3. The van der Waals surface area contributed by atoms with Crippen LogP contribution in [0.25, 0.3) is 11.2 Å². The van der Waals surface area contributed by atoms with Crippen molar-refractivity contribution in [3.8, 4) is 6.07 Å². The van der Waals surface area contributed by atoms with Crippen LogP contribution in [0.15, 0.2) is 18.3 Å². The van der Waals surface area contributed by atoms with Crippen LogP contribution in [-0.4, -0.2) is 45.1 Å². The van der Waals surface area contributed by atoms with E-state index in [9.17, 15) is 19.6 Å². The number of H-pyrrole nitrogens is 1. The number of Topliss-reactive ketones (excluding diaryl/α,β-unsaturated/α-hetero) is 1. The summed E-state index contributed by atoms with van der Waals surface area (Å²) >= 11 is 0. The number of nitrogens with one attached hydrogen (secondary N) is 3. The zero-order valence-corrected chi connectivity index (χ0v) is 17.1. The summed E-state index contributed by atoms with van der Waals surface area (Å²) in [5, 5.41) is 14.9. The van der Waals surface area contributed by atoms with Crippen molar-refractivity contribution in [2.45, 2.75) is 45.6 Å². The molecule has 3 N–H and O–H groups in total. The summed E-state index contributed by atoms with van der Waals surface area (Å²) in [4.78, 5) is 48.7. The molecule has 9 nitrogen and oxygen atoms in total. The molecule has 1 aliphatic rings. The first-order valence-corrected chi connectivity index (χ1v) is 10.2. The highest BCUT2D eigenvalue weighted by atomic mass is 16.2. The molecule has 0 unspecified atom stereocenters. The SMILES string of the molecule is CC(C)C[C@H](CC(=O)c1nc2ncccc2[nH]1)C(=O)N[C@H](C#N)C[C@@H]1CCNC1=O. The maximum atomic E-state index is 12.9. The van der Waals surface area contributed by atoms with Gasteiger partial charge < -0.3 is 15.6 Å². The molecule has 1 aliphatic heterocycles. The molecular weight excluding hydrogens is 384 g/mol. The van der Waals surface area contributed by atoms with Gasteiger partial charge in [-0.25, -0.2) is 9.97 Å². The molecule has 158 valence electrons. The summed E-state index contributed by atoms with van der Waals surface area (Å²) in [5.74, 6) is -1.22. The Hall–Kier alpha value is -3.28. The summed E-state index contributed by atoms with van der Waals surface area (Å²) in [6.45, 7) is 4.54. The lowest BCUT2D eigenvalue weighted by Gasteiger charge is -2.21. The van der Waals surface area contributed by atoms with Crippen LogP contribution in [0.4, 0.5) is 0 Å². The Balaban J connectivity index is 1.67. The lowest BCUT2D eigenvalue weighted by atomic mass is 9.90. The number of fused-ring (bicyclic) bond motifs is 1. The van der Waals surface area contributed by atoms with Crippen molar-refractivity contribution >= 4 is 28.8 Å². The summed E-state index contributed by atoms with van der Waals surface area (Å²) in [6, 6.07) is 4.82. The number of carbonyl (C=O) groups excluding carboxylic acids is 3. The highest BCUT2D eigenvalue weighted by molar-refractivity contribution is 5.97. The number of amides is 2. The summed E-state index contributed by atoms with van der Waals surface area (Å²) in [5.41, 5.74) is 1.11. The predicted octanol–water partition coefficient (Wildman–Crippen LogP) is 1.73. The van der Waals surface area contributed by atoms with E-state index in [1.807, 2.05) is 13.8 Å². The number of pyridine rings is 1. The molecule has 30 heavy (non-hydrogen) atoms.